The zero-order valence-electron chi connectivity index (χ0n) is 16.5. The smallest absolute Gasteiger partial charge is 0.270 e. The summed E-state index contributed by atoms with van der Waals surface area (Å²) in [4.78, 5) is 26.8. The van der Waals surface area contributed by atoms with E-state index in [-0.39, 0.29) is 16.4 Å². The number of thiocarbonyl (C=S) groups is 1. The van der Waals surface area contributed by atoms with Crippen LogP contribution in [0.3, 0.4) is 0 Å². The molecule has 0 radical (unpaired) electrons. The van der Waals surface area contributed by atoms with Crippen LogP contribution in [0, 0.1) is 6.92 Å². The van der Waals surface area contributed by atoms with Gasteiger partial charge in [-0.3, -0.25) is 19.8 Å². The lowest BCUT2D eigenvalue weighted by Gasteiger charge is -2.29. The molecule has 1 aliphatic rings. The Hall–Kier alpha value is -3.97. The van der Waals surface area contributed by atoms with Gasteiger partial charge in [0.15, 0.2) is 5.11 Å². The summed E-state index contributed by atoms with van der Waals surface area (Å²) >= 11 is 5.23. The molecule has 1 aliphatic heterocycles. The van der Waals surface area contributed by atoms with Crippen LogP contribution in [0.2, 0.25) is 0 Å². The molecule has 0 aromatic heterocycles. The topological polar surface area (TPSA) is 78.9 Å². The molecule has 7 heteroatoms. The van der Waals surface area contributed by atoms with E-state index in [0.29, 0.717) is 28.3 Å². The molecule has 0 saturated carbocycles. The summed E-state index contributed by atoms with van der Waals surface area (Å²) in [5, 5.41) is 12.8. The van der Waals surface area contributed by atoms with E-state index in [9.17, 15) is 14.7 Å². The average molecular weight is 430 g/mol. The van der Waals surface area contributed by atoms with Crippen molar-refractivity contribution in [2.24, 2.45) is 0 Å². The van der Waals surface area contributed by atoms with Crippen LogP contribution in [0.25, 0.3) is 6.08 Å². The normalized spacial score (nSPS) is 15.2. The third kappa shape index (κ3) is 4.17. The van der Waals surface area contributed by atoms with E-state index >= 15 is 0 Å². The second-order valence-electron chi connectivity index (χ2n) is 6.88. The van der Waals surface area contributed by atoms with E-state index < -0.39 is 11.8 Å². The van der Waals surface area contributed by atoms with Gasteiger partial charge in [0.25, 0.3) is 11.8 Å². The number of aromatic hydroxyl groups is 1. The van der Waals surface area contributed by atoms with E-state index in [2.05, 4.69) is 5.32 Å². The molecule has 1 fully saturated rings. The van der Waals surface area contributed by atoms with Crippen LogP contribution < -0.4 is 15.0 Å². The molecule has 0 atom stereocenters. The summed E-state index contributed by atoms with van der Waals surface area (Å²) in [6.07, 6.45) is 1.36. The molecule has 0 bridgehead atoms. The summed E-state index contributed by atoms with van der Waals surface area (Å²) in [6, 6.07) is 21.2. The molecule has 0 spiro atoms. The van der Waals surface area contributed by atoms with Crippen molar-refractivity contribution in [3.05, 3.63) is 89.5 Å². The Morgan fingerprint density at radius 2 is 1.61 bits per heavy atom. The molecule has 6 nitrogen and oxygen atoms in total. The van der Waals surface area contributed by atoms with Gasteiger partial charge in [0.2, 0.25) is 0 Å². The van der Waals surface area contributed by atoms with Crippen molar-refractivity contribution in [3.8, 4) is 17.2 Å². The number of nitrogens with one attached hydrogen (secondary N) is 1. The van der Waals surface area contributed by atoms with Crippen molar-refractivity contribution in [2.75, 3.05) is 4.90 Å². The summed E-state index contributed by atoms with van der Waals surface area (Å²) in [5.74, 6) is 0.102. The summed E-state index contributed by atoms with van der Waals surface area (Å²) in [7, 11) is 0. The lowest BCUT2D eigenvalue weighted by Crippen LogP contribution is -2.54. The third-order valence-corrected chi connectivity index (χ3v) is 5.03. The lowest BCUT2D eigenvalue weighted by atomic mass is 10.0. The molecule has 1 saturated heterocycles. The minimum atomic E-state index is -0.615. The Balaban J connectivity index is 1.63. The fourth-order valence-corrected chi connectivity index (χ4v) is 3.41. The van der Waals surface area contributed by atoms with E-state index in [4.69, 9.17) is 17.0 Å². The van der Waals surface area contributed by atoms with Crippen molar-refractivity contribution in [3.63, 3.8) is 0 Å². The van der Waals surface area contributed by atoms with Gasteiger partial charge in [-0.05, 0) is 67.2 Å². The van der Waals surface area contributed by atoms with Gasteiger partial charge >= 0.3 is 0 Å². The van der Waals surface area contributed by atoms with E-state index in [1.165, 1.54) is 11.0 Å². The van der Waals surface area contributed by atoms with Crippen LogP contribution in [0.5, 0.6) is 17.2 Å². The Labute approximate surface area is 184 Å². The maximum atomic E-state index is 13.1. The number of carbonyl (C=O) groups is 2. The number of hydrogen-bond acceptors (Lipinski definition) is 5. The maximum absolute atomic E-state index is 13.1. The molecule has 4 rings (SSSR count). The predicted octanol–water partition coefficient (Wildman–Crippen LogP) is 4.32. The molecule has 2 amide bonds. The number of aryl methyl sites for hydroxylation is 1. The van der Waals surface area contributed by atoms with Gasteiger partial charge in [-0.15, -0.1) is 0 Å². The second kappa shape index (κ2) is 8.41. The SMILES string of the molecule is Cc1cccc(/C=C2\C(=O)NC(=S)N(c3ccc(Oc4ccccc4)cc3)C2=O)c1O. The van der Waals surface area contributed by atoms with Gasteiger partial charge in [-0.2, -0.15) is 0 Å². The maximum Gasteiger partial charge on any atom is 0.270 e. The molecule has 31 heavy (non-hydrogen) atoms. The summed E-state index contributed by atoms with van der Waals surface area (Å²) in [5.41, 5.74) is 1.37. The number of phenolic OH excluding ortho intramolecular Hbond substituents is 1. The van der Waals surface area contributed by atoms with Crippen LogP contribution in [0.4, 0.5) is 5.69 Å². The molecular weight excluding hydrogens is 412 g/mol. The number of nitrogens with zero attached hydrogens (tertiary/aromatic N) is 1. The van der Waals surface area contributed by atoms with Crippen molar-refractivity contribution in [1.82, 2.24) is 5.32 Å². The van der Waals surface area contributed by atoms with Gasteiger partial charge in [0.1, 0.15) is 22.8 Å². The van der Waals surface area contributed by atoms with E-state index in [1.807, 2.05) is 30.3 Å². The number of para-hydroxylation sites is 2. The summed E-state index contributed by atoms with van der Waals surface area (Å²) in [6.45, 7) is 1.74. The van der Waals surface area contributed by atoms with Crippen LogP contribution in [0.1, 0.15) is 11.1 Å². The number of carbonyl (C=O) groups excluding carboxylic acids is 2. The largest absolute Gasteiger partial charge is 0.507 e. The van der Waals surface area contributed by atoms with Crippen molar-refractivity contribution in [2.45, 2.75) is 6.92 Å². The Bertz CT molecular complexity index is 1200. The molecule has 1 heterocycles. The van der Waals surface area contributed by atoms with Crippen molar-refractivity contribution in [1.29, 1.82) is 0 Å². The first kappa shape index (κ1) is 20.3. The first-order chi connectivity index (χ1) is 14.9. The monoisotopic (exact) mass is 430 g/mol. The quantitative estimate of drug-likeness (QED) is 0.366. The Morgan fingerprint density at radius 3 is 2.32 bits per heavy atom. The Morgan fingerprint density at radius 1 is 0.935 bits per heavy atom. The standard InChI is InChI=1S/C24H18N2O4S/c1-15-6-5-7-16(21(15)27)14-20-22(28)25-24(31)26(23(20)29)17-10-12-19(13-11-17)30-18-8-3-2-4-9-18/h2-14,27H,1H3,(H,25,28,31)/b20-14+. The number of benzene rings is 3. The van der Waals surface area contributed by atoms with Crippen LogP contribution in [0.15, 0.2) is 78.4 Å². The number of anilines is 1. The van der Waals surface area contributed by atoms with E-state index in [1.54, 1.807) is 49.4 Å². The number of amides is 2. The highest BCUT2D eigenvalue weighted by Gasteiger charge is 2.34. The highest BCUT2D eigenvalue weighted by atomic mass is 32.1. The number of ether oxygens (including phenoxy) is 1. The molecule has 2 N–H and O–H groups in total. The highest BCUT2D eigenvalue weighted by Crippen LogP contribution is 2.29. The third-order valence-electron chi connectivity index (χ3n) is 4.74. The summed E-state index contributed by atoms with van der Waals surface area (Å²) < 4.78 is 5.77. The first-order valence-electron chi connectivity index (χ1n) is 9.47. The first-order valence-corrected chi connectivity index (χ1v) is 9.88. The number of rotatable bonds is 4. The zero-order chi connectivity index (χ0) is 22.0. The lowest BCUT2D eigenvalue weighted by molar-refractivity contribution is -0.122. The average Bonchev–Trinajstić information content (AvgIpc) is 2.76. The van der Waals surface area contributed by atoms with Crippen LogP contribution >= 0.6 is 12.2 Å². The Kier molecular flexibility index (Phi) is 5.51. The minimum Gasteiger partial charge on any atom is -0.507 e. The van der Waals surface area contributed by atoms with Gasteiger partial charge < -0.3 is 9.84 Å². The van der Waals surface area contributed by atoms with Crippen molar-refractivity contribution >= 4 is 40.9 Å². The fraction of sp³-hybridized carbons (Fsp3) is 0.0417. The molecule has 3 aromatic rings. The number of phenols is 1. The molecule has 0 aliphatic carbocycles. The fourth-order valence-electron chi connectivity index (χ4n) is 3.13. The minimum absolute atomic E-state index is 0.0118. The highest BCUT2D eigenvalue weighted by molar-refractivity contribution is 7.80. The van der Waals surface area contributed by atoms with Crippen LogP contribution in [-0.4, -0.2) is 22.0 Å². The number of hydrogen-bond donors (Lipinski definition) is 2. The molecular formula is C24H18N2O4S. The zero-order valence-corrected chi connectivity index (χ0v) is 17.3. The van der Waals surface area contributed by atoms with Gasteiger partial charge in [0.05, 0.1) is 5.69 Å². The van der Waals surface area contributed by atoms with Gasteiger partial charge in [-0.25, -0.2) is 0 Å². The second-order valence-corrected chi connectivity index (χ2v) is 7.27. The molecule has 3 aromatic carbocycles. The van der Waals surface area contributed by atoms with Crippen LogP contribution in [-0.2, 0) is 9.59 Å². The van der Waals surface area contributed by atoms with Gasteiger partial charge in [0, 0.05) is 5.56 Å². The molecule has 154 valence electrons. The van der Waals surface area contributed by atoms with Crippen molar-refractivity contribution < 1.29 is 19.4 Å². The predicted molar refractivity (Wildman–Crippen MR) is 122 cm³/mol. The molecule has 0 unspecified atom stereocenters. The van der Waals surface area contributed by atoms with E-state index in [0.717, 1.165) is 0 Å². The van der Waals surface area contributed by atoms with Gasteiger partial charge in [-0.1, -0.05) is 36.4 Å².